The van der Waals surface area contributed by atoms with Gasteiger partial charge >= 0.3 is 6.03 Å². The average Bonchev–Trinajstić information content (AvgIpc) is 2.37. The van der Waals surface area contributed by atoms with Crippen molar-refractivity contribution in [1.29, 1.82) is 0 Å². The van der Waals surface area contributed by atoms with Gasteiger partial charge < -0.3 is 10.6 Å². The highest BCUT2D eigenvalue weighted by atomic mass is 35.5. The number of carbonyl (C=O) groups excluding carboxylic acids is 3. The molecule has 0 saturated carbocycles. The number of hydrogen-bond donors (Lipinski definition) is 3. The molecule has 1 aliphatic rings. The zero-order chi connectivity index (χ0) is 14.7. The third-order valence-corrected chi connectivity index (χ3v) is 3.46. The monoisotopic (exact) mass is 315 g/mol. The van der Waals surface area contributed by atoms with Crippen molar-refractivity contribution in [1.82, 2.24) is 10.6 Å². The summed E-state index contributed by atoms with van der Waals surface area (Å²) in [5.74, 6) is -0.844. The Morgan fingerprint density at radius 3 is 2.65 bits per heavy atom. The molecule has 0 bridgehead atoms. The molecule has 1 aliphatic heterocycles. The molecule has 4 amide bonds. The van der Waals surface area contributed by atoms with Gasteiger partial charge in [-0.25, -0.2) is 4.79 Å². The summed E-state index contributed by atoms with van der Waals surface area (Å²) in [7, 11) is 0. The third-order valence-electron chi connectivity index (χ3n) is 2.72. The van der Waals surface area contributed by atoms with Crippen LogP contribution in [0.2, 0.25) is 10.0 Å². The van der Waals surface area contributed by atoms with E-state index in [0.717, 1.165) is 0 Å². The lowest BCUT2D eigenvalue weighted by Crippen LogP contribution is -2.53. The van der Waals surface area contributed by atoms with Crippen LogP contribution in [0.5, 0.6) is 0 Å². The number of carbonyl (C=O) groups is 3. The van der Waals surface area contributed by atoms with Crippen LogP contribution in [0.4, 0.5) is 10.5 Å². The van der Waals surface area contributed by atoms with Crippen molar-refractivity contribution in [2.45, 2.75) is 18.9 Å². The standard InChI is InChI=1S/C12H11Cl2N3O3/c13-7-2-1-6(5-8(7)14)15-12(20)16-9-3-4-10(18)17-11(9)19/h1-2,5,9H,3-4H2,(H2,15,16,20)(H,17,18,19). The molecule has 106 valence electrons. The lowest BCUT2D eigenvalue weighted by molar-refractivity contribution is -0.134. The zero-order valence-corrected chi connectivity index (χ0v) is 11.7. The Hall–Kier alpha value is -1.79. The Morgan fingerprint density at radius 1 is 1.25 bits per heavy atom. The Morgan fingerprint density at radius 2 is 2.00 bits per heavy atom. The molecule has 0 aromatic heterocycles. The van der Waals surface area contributed by atoms with Gasteiger partial charge in [0.2, 0.25) is 11.8 Å². The number of amides is 4. The second kappa shape index (κ2) is 6.11. The van der Waals surface area contributed by atoms with Crippen LogP contribution in [-0.2, 0) is 9.59 Å². The summed E-state index contributed by atoms with van der Waals surface area (Å²) in [5.41, 5.74) is 0.448. The molecule has 3 N–H and O–H groups in total. The molecular weight excluding hydrogens is 305 g/mol. The van der Waals surface area contributed by atoms with E-state index in [0.29, 0.717) is 15.7 Å². The van der Waals surface area contributed by atoms with E-state index in [2.05, 4.69) is 16.0 Å². The Bertz CT molecular complexity index is 577. The number of hydrogen-bond acceptors (Lipinski definition) is 3. The molecule has 1 unspecified atom stereocenters. The van der Waals surface area contributed by atoms with Gasteiger partial charge in [0, 0.05) is 12.1 Å². The first-order valence-corrected chi connectivity index (χ1v) is 6.57. The first-order chi connectivity index (χ1) is 9.45. The number of benzene rings is 1. The largest absolute Gasteiger partial charge is 0.326 e. The molecule has 20 heavy (non-hydrogen) atoms. The average molecular weight is 316 g/mol. The molecule has 1 saturated heterocycles. The number of piperidine rings is 1. The zero-order valence-electron chi connectivity index (χ0n) is 10.2. The van der Waals surface area contributed by atoms with Crippen molar-refractivity contribution in [3.8, 4) is 0 Å². The van der Waals surface area contributed by atoms with Gasteiger partial charge in [-0.2, -0.15) is 0 Å². The lowest BCUT2D eigenvalue weighted by atomic mass is 10.1. The second-order valence-electron chi connectivity index (χ2n) is 4.23. The second-order valence-corrected chi connectivity index (χ2v) is 5.05. The molecule has 0 aliphatic carbocycles. The Labute approximate surface area is 124 Å². The van der Waals surface area contributed by atoms with Crippen molar-refractivity contribution >= 4 is 46.7 Å². The number of anilines is 1. The topological polar surface area (TPSA) is 87.3 Å². The van der Waals surface area contributed by atoms with E-state index < -0.39 is 18.0 Å². The summed E-state index contributed by atoms with van der Waals surface area (Å²) >= 11 is 11.6. The van der Waals surface area contributed by atoms with Crippen LogP contribution >= 0.6 is 23.2 Å². The van der Waals surface area contributed by atoms with E-state index in [1.54, 1.807) is 12.1 Å². The maximum absolute atomic E-state index is 11.7. The first kappa shape index (κ1) is 14.6. The fourth-order valence-corrected chi connectivity index (χ4v) is 2.03. The fraction of sp³-hybridized carbons (Fsp3) is 0.250. The molecular formula is C12H11Cl2N3O3. The minimum Gasteiger partial charge on any atom is -0.326 e. The summed E-state index contributed by atoms with van der Waals surface area (Å²) < 4.78 is 0. The van der Waals surface area contributed by atoms with Crippen molar-refractivity contribution in [3.05, 3.63) is 28.2 Å². The molecule has 0 spiro atoms. The number of imide groups is 1. The van der Waals surface area contributed by atoms with Crippen molar-refractivity contribution in [2.75, 3.05) is 5.32 Å². The van der Waals surface area contributed by atoms with E-state index in [4.69, 9.17) is 23.2 Å². The van der Waals surface area contributed by atoms with Crippen LogP contribution in [0.15, 0.2) is 18.2 Å². The molecule has 1 aromatic rings. The van der Waals surface area contributed by atoms with E-state index in [9.17, 15) is 14.4 Å². The highest BCUT2D eigenvalue weighted by molar-refractivity contribution is 6.42. The van der Waals surface area contributed by atoms with Crippen molar-refractivity contribution in [3.63, 3.8) is 0 Å². The SMILES string of the molecule is O=C1CCC(NC(=O)Nc2ccc(Cl)c(Cl)c2)C(=O)N1. The van der Waals surface area contributed by atoms with Gasteiger partial charge in [-0.15, -0.1) is 0 Å². The van der Waals surface area contributed by atoms with Crippen LogP contribution in [0.3, 0.4) is 0 Å². The molecule has 1 heterocycles. The van der Waals surface area contributed by atoms with Crippen LogP contribution in [0, 0.1) is 0 Å². The van der Waals surface area contributed by atoms with Crippen molar-refractivity contribution in [2.24, 2.45) is 0 Å². The van der Waals surface area contributed by atoms with Gasteiger partial charge in [-0.1, -0.05) is 23.2 Å². The fourth-order valence-electron chi connectivity index (χ4n) is 1.73. The maximum Gasteiger partial charge on any atom is 0.319 e. The van der Waals surface area contributed by atoms with E-state index in [-0.39, 0.29) is 18.7 Å². The summed E-state index contributed by atoms with van der Waals surface area (Å²) in [6.45, 7) is 0. The van der Waals surface area contributed by atoms with Crippen LogP contribution in [0.1, 0.15) is 12.8 Å². The number of rotatable bonds is 2. The molecule has 1 atom stereocenters. The lowest BCUT2D eigenvalue weighted by Gasteiger charge is -2.21. The van der Waals surface area contributed by atoms with Crippen LogP contribution in [-0.4, -0.2) is 23.9 Å². The minimum atomic E-state index is -0.726. The molecule has 1 aromatic carbocycles. The highest BCUT2D eigenvalue weighted by Crippen LogP contribution is 2.24. The normalized spacial score (nSPS) is 18.4. The molecule has 2 rings (SSSR count). The highest BCUT2D eigenvalue weighted by Gasteiger charge is 2.27. The minimum absolute atomic E-state index is 0.198. The molecule has 1 fully saturated rings. The number of halogens is 2. The van der Waals surface area contributed by atoms with Gasteiger partial charge in [-0.3, -0.25) is 14.9 Å². The van der Waals surface area contributed by atoms with Gasteiger partial charge in [-0.05, 0) is 24.6 Å². The van der Waals surface area contributed by atoms with E-state index in [1.807, 2.05) is 0 Å². The van der Waals surface area contributed by atoms with Gasteiger partial charge in [0.1, 0.15) is 6.04 Å². The summed E-state index contributed by atoms with van der Waals surface area (Å²) in [6.07, 6.45) is 0.475. The quantitative estimate of drug-likeness (QED) is 0.729. The Balaban J connectivity index is 1.93. The Kier molecular flexibility index (Phi) is 4.46. The molecule has 8 heteroatoms. The van der Waals surface area contributed by atoms with Crippen LogP contribution in [0.25, 0.3) is 0 Å². The number of urea groups is 1. The van der Waals surface area contributed by atoms with Crippen molar-refractivity contribution < 1.29 is 14.4 Å². The predicted octanol–water partition coefficient (Wildman–Crippen LogP) is 1.92. The van der Waals surface area contributed by atoms with Crippen LogP contribution < -0.4 is 16.0 Å². The summed E-state index contributed by atoms with van der Waals surface area (Å²) in [6, 6.07) is 3.34. The summed E-state index contributed by atoms with van der Waals surface area (Å²) in [4.78, 5) is 34.2. The van der Waals surface area contributed by atoms with Gasteiger partial charge in [0.15, 0.2) is 0 Å². The van der Waals surface area contributed by atoms with Gasteiger partial charge in [0.05, 0.1) is 10.0 Å². The van der Waals surface area contributed by atoms with Gasteiger partial charge in [0.25, 0.3) is 0 Å². The predicted molar refractivity (Wildman–Crippen MR) is 74.8 cm³/mol. The third kappa shape index (κ3) is 3.61. The molecule has 6 nitrogen and oxygen atoms in total. The molecule has 0 radical (unpaired) electrons. The maximum atomic E-state index is 11.7. The smallest absolute Gasteiger partial charge is 0.319 e. The van der Waals surface area contributed by atoms with E-state index in [1.165, 1.54) is 6.07 Å². The van der Waals surface area contributed by atoms with E-state index >= 15 is 0 Å². The summed E-state index contributed by atoms with van der Waals surface area (Å²) in [5, 5.41) is 7.86. The first-order valence-electron chi connectivity index (χ1n) is 5.82. The number of nitrogens with one attached hydrogen (secondary N) is 3.